The number of hydrogen-bond acceptors (Lipinski definition) is 5. The first-order valence-corrected chi connectivity index (χ1v) is 10.2. The van der Waals surface area contributed by atoms with Gasteiger partial charge in [-0.15, -0.1) is 0 Å². The number of aromatic nitrogens is 2. The predicted molar refractivity (Wildman–Crippen MR) is 127 cm³/mol. The number of anilines is 2. The van der Waals surface area contributed by atoms with E-state index in [1.165, 1.54) is 22.9 Å². The van der Waals surface area contributed by atoms with E-state index in [1.54, 1.807) is 12.1 Å². The number of hydrogen-bond donors (Lipinski definition) is 3. The highest BCUT2D eigenvalue weighted by Gasteiger charge is 2.14. The summed E-state index contributed by atoms with van der Waals surface area (Å²) in [5.74, 6) is -1.05. The lowest BCUT2D eigenvalue weighted by Crippen LogP contribution is -2.18. The summed E-state index contributed by atoms with van der Waals surface area (Å²) in [4.78, 5) is 19.1. The van der Waals surface area contributed by atoms with Gasteiger partial charge >= 0.3 is 0 Å². The molecule has 0 aliphatic carbocycles. The van der Waals surface area contributed by atoms with Crippen LogP contribution in [0.25, 0.3) is 5.69 Å². The molecule has 0 saturated heterocycles. The summed E-state index contributed by atoms with van der Waals surface area (Å²) in [6.45, 7) is 0. The number of aromatic hydroxyl groups is 1. The highest BCUT2D eigenvalue weighted by molar-refractivity contribution is 7.71. The first-order valence-electron chi connectivity index (χ1n) is 9.42. The molecule has 0 spiro atoms. The lowest BCUT2D eigenvalue weighted by atomic mass is 10.2. The van der Waals surface area contributed by atoms with Crippen LogP contribution < -0.4 is 10.9 Å². The molecule has 0 aliphatic rings. The smallest absolute Gasteiger partial charge is 0.264 e. The average molecular weight is 467 g/mol. The highest BCUT2D eigenvalue weighted by Crippen LogP contribution is 2.24. The van der Waals surface area contributed by atoms with Crippen molar-refractivity contribution in [3.8, 4) is 11.6 Å². The van der Waals surface area contributed by atoms with Gasteiger partial charge in [0.25, 0.3) is 5.56 Å². The number of aliphatic imine (C=N–C) groups is 1. The fourth-order valence-electron chi connectivity index (χ4n) is 2.98. The highest BCUT2D eigenvalue weighted by atomic mass is 35.5. The van der Waals surface area contributed by atoms with Crippen LogP contribution in [0.4, 0.5) is 21.5 Å². The molecule has 0 bridgehead atoms. The number of nitrogens with zero attached hydrogens (tertiary/aromatic N) is 2. The van der Waals surface area contributed by atoms with Crippen LogP contribution in [0.3, 0.4) is 0 Å². The van der Waals surface area contributed by atoms with Crippen LogP contribution >= 0.6 is 23.8 Å². The normalized spacial score (nSPS) is 11.1. The zero-order chi connectivity index (χ0) is 22.7. The molecule has 0 atom stereocenters. The molecule has 1 heterocycles. The fourth-order valence-corrected chi connectivity index (χ4v) is 3.44. The Morgan fingerprint density at radius 3 is 2.44 bits per heavy atom. The van der Waals surface area contributed by atoms with Gasteiger partial charge < -0.3 is 10.4 Å². The van der Waals surface area contributed by atoms with Gasteiger partial charge in [0.1, 0.15) is 11.4 Å². The molecule has 9 heteroatoms. The minimum atomic E-state index is -0.613. The molecule has 6 nitrogen and oxygen atoms in total. The predicted octanol–water partition coefficient (Wildman–Crippen LogP) is 5.89. The Balaban J connectivity index is 1.63. The van der Waals surface area contributed by atoms with E-state index in [0.717, 1.165) is 17.4 Å². The van der Waals surface area contributed by atoms with Crippen LogP contribution in [-0.2, 0) is 0 Å². The van der Waals surface area contributed by atoms with Crippen molar-refractivity contribution in [2.45, 2.75) is 0 Å². The van der Waals surface area contributed by atoms with Gasteiger partial charge in [-0.1, -0.05) is 29.8 Å². The van der Waals surface area contributed by atoms with Crippen molar-refractivity contribution in [3.05, 3.63) is 104 Å². The van der Waals surface area contributed by atoms with E-state index in [1.807, 2.05) is 42.5 Å². The van der Waals surface area contributed by atoms with E-state index < -0.39 is 17.3 Å². The molecule has 3 aromatic carbocycles. The Bertz CT molecular complexity index is 1420. The maximum atomic E-state index is 13.5. The number of benzene rings is 3. The maximum Gasteiger partial charge on any atom is 0.264 e. The lowest BCUT2D eigenvalue weighted by molar-refractivity contribution is 0.432. The third-order valence-electron chi connectivity index (χ3n) is 4.55. The number of H-pyrrole nitrogens is 1. The molecule has 0 radical (unpaired) electrons. The maximum absolute atomic E-state index is 13.5. The zero-order valence-electron chi connectivity index (χ0n) is 16.4. The van der Waals surface area contributed by atoms with E-state index >= 15 is 0 Å². The van der Waals surface area contributed by atoms with E-state index in [-0.39, 0.29) is 15.4 Å². The summed E-state index contributed by atoms with van der Waals surface area (Å²) >= 11 is 11.0. The standard InChI is InChI=1S/C23H16ClFN4O2S/c24-19-12-17(10-11-20(19)25)29-22(31)18(21(30)28-23(29)32)13-26-14-6-8-16(9-7-14)27-15-4-2-1-3-5-15/h1-13,27,31H,(H,28,30,32). The summed E-state index contributed by atoms with van der Waals surface area (Å²) in [7, 11) is 0. The molecular weight excluding hydrogens is 451 g/mol. The van der Waals surface area contributed by atoms with Gasteiger partial charge in [0.2, 0.25) is 5.88 Å². The van der Waals surface area contributed by atoms with Gasteiger partial charge in [-0.05, 0) is 66.8 Å². The first kappa shape index (κ1) is 21.5. The third-order valence-corrected chi connectivity index (χ3v) is 5.13. The molecule has 1 aromatic heterocycles. The van der Waals surface area contributed by atoms with Gasteiger partial charge in [-0.2, -0.15) is 0 Å². The minimum Gasteiger partial charge on any atom is -0.494 e. The molecule has 4 rings (SSSR count). The number of halogens is 2. The molecule has 0 aliphatic heterocycles. The number of nitrogens with one attached hydrogen (secondary N) is 2. The van der Waals surface area contributed by atoms with E-state index in [2.05, 4.69) is 15.3 Å². The monoisotopic (exact) mass is 466 g/mol. The molecule has 160 valence electrons. The summed E-state index contributed by atoms with van der Waals surface area (Å²) < 4.78 is 14.6. The second-order valence-corrected chi connectivity index (χ2v) is 7.52. The fraction of sp³-hybridized carbons (Fsp3) is 0. The minimum absolute atomic E-state index is 0.0661. The molecule has 4 aromatic rings. The molecule has 32 heavy (non-hydrogen) atoms. The van der Waals surface area contributed by atoms with Crippen LogP contribution in [0.15, 0.2) is 82.6 Å². The Kier molecular flexibility index (Phi) is 6.16. The summed E-state index contributed by atoms with van der Waals surface area (Å²) in [5, 5.41) is 13.8. The van der Waals surface area contributed by atoms with Crippen molar-refractivity contribution in [3.63, 3.8) is 0 Å². The molecular formula is C23H16ClFN4O2S. The summed E-state index contributed by atoms with van der Waals surface area (Å²) in [6.07, 6.45) is 1.24. The Morgan fingerprint density at radius 1 is 1.06 bits per heavy atom. The van der Waals surface area contributed by atoms with Gasteiger partial charge in [0.05, 0.1) is 16.4 Å². The molecule has 0 amide bonds. The van der Waals surface area contributed by atoms with Crippen LogP contribution in [0.5, 0.6) is 5.88 Å². The summed E-state index contributed by atoms with van der Waals surface area (Å²) in [6, 6.07) is 20.8. The number of aromatic amines is 1. The lowest BCUT2D eigenvalue weighted by Gasteiger charge is -2.11. The van der Waals surface area contributed by atoms with Gasteiger partial charge in [-0.3, -0.25) is 19.3 Å². The molecule has 0 unspecified atom stereocenters. The van der Waals surface area contributed by atoms with Crippen LogP contribution in [0.1, 0.15) is 5.56 Å². The van der Waals surface area contributed by atoms with Crippen molar-refractivity contribution in [2.75, 3.05) is 5.32 Å². The molecule has 0 fully saturated rings. The Hall–Kier alpha value is -3.75. The van der Waals surface area contributed by atoms with E-state index in [9.17, 15) is 14.3 Å². The van der Waals surface area contributed by atoms with Crippen LogP contribution in [0.2, 0.25) is 5.02 Å². The van der Waals surface area contributed by atoms with E-state index in [0.29, 0.717) is 11.4 Å². The first-order chi connectivity index (χ1) is 15.4. The van der Waals surface area contributed by atoms with Gasteiger partial charge in [0.15, 0.2) is 4.77 Å². The van der Waals surface area contributed by atoms with Gasteiger partial charge in [0, 0.05) is 17.6 Å². The Labute approximate surface area is 192 Å². The van der Waals surface area contributed by atoms with Gasteiger partial charge in [-0.25, -0.2) is 4.39 Å². The summed E-state index contributed by atoms with van der Waals surface area (Å²) in [5.41, 5.74) is 1.97. The average Bonchev–Trinajstić information content (AvgIpc) is 2.77. The quantitative estimate of drug-likeness (QED) is 0.253. The van der Waals surface area contributed by atoms with Crippen molar-refractivity contribution in [2.24, 2.45) is 4.99 Å². The largest absolute Gasteiger partial charge is 0.494 e. The van der Waals surface area contributed by atoms with Crippen molar-refractivity contribution in [1.29, 1.82) is 0 Å². The third kappa shape index (κ3) is 4.61. The number of para-hydroxylation sites is 1. The van der Waals surface area contributed by atoms with Crippen LogP contribution in [-0.4, -0.2) is 20.9 Å². The van der Waals surface area contributed by atoms with Crippen molar-refractivity contribution >= 4 is 47.1 Å². The SMILES string of the molecule is O=c1[nH]c(=S)n(-c2ccc(F)c(Cl)c2)c(O)c1C=Nc1ccc(Nc2ccccc2)cc1. The molecule has 3 N–H and O–H groups in total. The van der Waals surface area contributed by atoms with Crippen LogP contribution in [0, 0.1) is 10.6 Å². The second-order valence-electron chi connectivity index (χ2n) is 6.73. The second kappa shape index (κ2) is 9.17. The van der Waals surface area contributed by atoms with Crippen molar-refractivity contribution in [1.82, 2.24) is 9.55 Å². The zero-order valence-corrected chi connectivity index (χ0v) is 18.0. The van der Waals surface area contributed by atoms with Crippen molar-refractivity contribution < 1.29 is 9.50 Å². The Morgan fingerprint density at radius 2 is 1.75 bits per heavy atom. The molecule has 0 saturated carbocycles. The number of rotatable bonds is 5. The topological polar surface area (TPSA) is 82.4 Å². The van der Waals surface area contributed by atoms with E-state index in [4.69, 9.17) is 23.8 Å².